The summed E-state index contributed by atoms with van der Waals surface area (Å²) in [6.45, 7) is 8.24. The zero-order valence-corrected chi connectivity index (χ0v) is 12.2. The monoisotopic (exact) mass is 255 g/mol. The Hall–Kier alpha value is -1.83. The number of hydrogen-bond donors (Lipinski definition) is 0. The molecule has 0 amide bonds. The number of anilines is 1. The Kier molecular flexibility index (Phi) is 3.61. The van der Waals surface area contributed by atoms with Crippen LogP contribution >= 0.6 is 0 Å². The van der Waals surface area contributed by atoms with E-state index in [1.807, 2.05) is 21.0 Å². The fraction of sp³-hybridized carbons (Fsp3) is 0.353. The van der Waals surface area contributed by atoms with Crippen LogP contribution in [0.25, 0.3) is 0 Å². The van der Waals surface area contributed by atoms with Crippen molar-refractivity contribution in [2.75, 3.05) is 19.0 Å². The summed E-state index contributed by atoms with van der Waals surface area (Å²) in [4.78, 5) is 13.9. The van der Waals surface area contributed by atoms with Crippen molar-refractivity contribution in [1.29, 1.82) is 0 Å². The lowest BCUT2D eigenvalue weighted by atomic mass is 9.78. The molecule has 100 valence electrons. The SMILES string of the molecule is C=C1C(C)=CC(=O)CC1c1cc(N(C)C)ccc1C. The molecule has 0 aliphatic heterocycles. The molecule has 2 rings (SSSR count). The van der Waals surface area contributed by atoms with E-state index < -0.39 is 0 Å². The second-order valence-corrected chi connectivity index (χ2v) is 5.51. The van der Waals surface area contributed by atoms with Crippen LogP contribution in [0.4, 0.5) is 5.69 Å². The number of ketones is 1. The van der Waals surface area contributed by atoms with Crippen molar-refractivity contribution in [3.05, 3.63) is 53.1 Å². The molecule has 1 aromatic carbocycles. The first-order valence-corrected chi connectivity index (χ1v) is 6.58. The summed E-state index contributed by atoms with van der Waals surface area (Å²) in [5.74, 6) is 0.321. The zero-order chi connectivity index (χ0) is 14.2. The van der Waals surface area contributed by atoms with Crippen LogP contribution in [0.15, 0.2) is 42.0 Å². The summed E-state index contributed by atoms with van der Waals surface area (Å²) in [6.07, 6.45) is 2.25. The van der Waals surface area contributed by atoms with Crippen LogP contribution in [-0.4, -0.2) is 19.9 Å². The zero-order valence-electron chi connectivity index (χ0n) is 12.2. The third-order valence-corrected chi connectivity index (χ3v) is 3.86. The molecule has 0 heterocycles. The maximum absolute atomic E-state index is 11.8. The van der Waals surface area contributed by atoms with Gasteiger partial charge in [0, 0.05) is 32.1 Å². The largest absolute Gasteiger partial charge is 0.378 e. The van der Waals surface area contributed by atoms with Gasteiger partial charge in [0.1, 0.15) is 0 Å². The van der Waals surface area contributed by atoms with Gasteiger partial charge < -0.3 is 4.90 Å². The van der Waals surface area contributed by atoms with Gasteiger partial charge in [-0.05, 0) is 54.3 Å². The van der Waals surface area contributed by atoms with Gasteiger partial charge in [0.15, 0.2) is 5.78 Å². The number of carbonyl (C=O) groups excluding carboxylic acids is 1. The van der Waals surface area contributed by atoms with E-state index in [1.165, 1.54) is 11.1 Å². The van der Waals surface area contributed by atoms with E-state index in [-0.39, 0.29) is 11.7 Å². The molecule has 2 heteroatoms. The number of benzene rings is 1. The maximum atomic E-state index is 11.8. The number of rotatable bonds is 2. The van der Waals surface area contributed by atoms with E-state index in [4.69, 9.17) is 0 Å². The van der Waals surface area contributed by atoms with E-state index in [0.717, 1.165) is 16.8 Å². The number of hydrogen-bond acceptors (Lipinski definition) is 2. The van der Waals surface area contributed by atoms with Crippen molar-refractivity contribution in [3.8, 4) is 0 Å². The Bertz CT molecular complexity index is 567. The molecule has 1 aliphatic carbocycles. The quantitative estimate of drug-likeness (QED) is 0.804. The molecule has 2 nitrogen and oxygen atoms in total. The molecule has 0 fully saturated rings. The molecule has 1 unspecified atom stereocenters. The first-order chi connectivity index (χ1) is 8.90. The highest BCUT2D eigenvalue weighted by Gasteiger charge is 2.25. The van der Waals surface area contributed by atoms with Gasteiger partial charge in [0.2, 0.25) is 0 Å². The molecule has 0 N–H and O–H groups in total. The second kappa shape index (κ2) is 5.04. The molecule has 1 aliphatic rings. The highest BCUT2D eigenvalue weighted by atomic mass is 16.1. The van der Waals surface area contributed by atoms with E-state index in [9.17, 15) is 4.79 Å². The summed E-state index contributed by atoms with van der Waals surface area (Å²) >= 11 is 0. The summed E-state index contributed by atoms with van der Waals surface area (Å²) in [7, 11) is 4.06. The maximum Gasteiger partial charge on any atom is 0.156 e. The third kappa shape index (κ3) is 2.62. The summed E-state index contributed by atoms with van der Waals surface area (Å²) in [5.41, 5.74) is 5.68. The highest BCUT2D eigenvalue weighted by Crippen LogP contribution is 2.37. The lowest BCUT2D eigenvalue weighted by Gasteiger charge is -2.26. The van der Waals surface area contributed by atoms with Crippen molar-refractivity contribution >= 4 is 11.5 Å². The van der Waals surface area contributed by atoms with Crippen molar-refractivity contribution in [2.45, 2.75) is 26.2 Å². The number of allylic oxidation sites excluding steroid dienone is 3. The number of aryl methyl sites for hydroxylation is 1. The molecule has 0 radical (unpaired) electrons. The topological polar surface area (TPSA) is 20.3 Å². The molecule has 0 saturated heterocycles. The smallest absolute Gasteiger partial charge is 0.156 e. The van der Waals surface area contributed by atoms with Gasteiger partial charge >= 0.3 is 0 Å². The van der Waals surface area contributed by atoms with Crippen LogP contribution in [0.2, 0.25) is 0 Å². The Morgan fingerprint density at radius 2 is 1.95 bits per heavy atom. The summed E-state index contributed by atoms with van der Waals surface area (Å²) in [5, 5.41) is 0. The highest BCUT2D eigenvalue weighted by molar-refractivity contribution is 5.94. The molecular weight excluding hydrogens is 234 g/mol. The Labute approximate surface area is 115 Å². The van der Waals surface area contributed by atoms with E-state index >= 15 is 0 Å². The predicted octanol–water partition coefficient (Wildman–Crippen LogP) is 3.62. The van der Waals surface area contributed by atoms with Gasteiger partial charge in [0.05, 0.1) is 0 Å². The average molecular weight is 255 g/mol. The van der Waals surface area contributed by atoms with Gasteiger partial charge in [-0.1, -0.05) is 12.6 Å². The van der Waals surface area contributed by atoms with Crippen molar-refractivity contribution in [2.24, 2.45) is 0 Å². The van der Waals surface area contributed by atoms with Crippen LogP contribution in [0.3, 0.4) is 0 Å². The van der Waals surface area contributed by atoms with Gasteiger partial charge in [-0.25, -0.2) is 0 Å². The minimum Gasteiger partial charge on any atom is -0.378 e. The molecule has 0 saturated carbocycles. The molecular formula is C17H21NO. The fourth-order valence-corrected chi connectivity index (χ4v) is 2.57. The Morgan fingerprint density at radius 3 is 2.58 bits per heavy atom. The van der Waals surface area contributed by atoms with Crippen LogP contribution in [0.1, 0.15) is 30.4 Å². The lowest BCUT2D eigenvalue weighted by molar-refractivity contribution is -0.115. The second-order valence-electron chi connectivity index (χ2n) is 5.51. The Morgan fingerprint density at radius 1 is 1.26 bits per heavy atom. The molecule has 1 atom stereocenters. The van der Waals surface area contributed by atoms with Gasteiger partial charge in [-0.15, -0.1) is 0 Å². The normalized spacial score (nSPS) is 19.4. The molecule has 0 aromatic heterocycles. The van der Waals surface area contributed by atoms with Crippen LogP contribution < -0.4 is 4.90 Å². The van der Waals surface area contributed by atoms with E-state index in [2.05, 4.69) is 36.6 Å². The van der Waals surface area contributed by atoms with Crippen molar-refractivity contribution in [3.63, 3.8) is 0 Å². The minimum atomic E-state index is 0.123. The number of carbonyl (C=O) groups is 1. The van der Waals surface area contributed by atoms with Gasteiger partial charge in [0.25, 0.3) is 0 Å². The van der Waals surface area contributed by atoms with Gasteiger partial charge in [-0.2, -0.15) is 0 Å². The predicted molar refractivity (Wildman–Crippen MR) is 80.8 cm³/mol. The lowest BCUT2D eigenvalue weighted by Crippen LogP contribution is -2.16. The third-order valence-electron chi connectivity index (χ3n) is 3.86. The van der Waals surface area contributed by atoms with Crippen LogP contribution in [0, 0.1) is 6.92 Å². The summed E-state index contributed by atoms with van der Waals surface area (Å²) in [6, 6.07) is 6.40. The summed E-state index contributed by atoms with van der Waals surface area (Å²) < 4.78 is 0. The molecule has 1 aromatic rings. The standard InChI is InChI=1S/C17H21NO/c1-11-6-7-14(18(4)5)9-16(11)17-10-15(19)8-12(2)13(17)3/h6-9,17H,3,10H2,1-2,4-5H3. The van der Waals surface area contributed by atoms with Crippen molar-refractivity contribution in [1.82, 2.24) is 0 Å². The van der Waals surface area contributed by atoms with E-state index in [0.29, 0.717) is 6.42 Å². The first-order valence-electron chi connectivity index (χ1n) is 6.58. The van der Waals surface area contributed by atoms with Crippen LogP contribution in [-0.2, 0) is 4.79 Å². The van der Waals surface area contributed by atoms with Gasteiger partial charge in [-0.3, -0.25) is 4.79 Å². The fourth-order valence-electron chi connectivity index (χ4n) is 2.57. The Balaban J connectivity index is 2.47. The minimum absolute atomic E-state index is 0.123. The molecule has 19 heavy (non-hydrogen) atoms. The van der Waals surface area contributed by atoms with Crippen LogP contribution in [0.5, 0.6) is 0 Å². The van der Waals surface area contributed by atoms with E-state index in [1.54, 1.807) is 6.08 Å². The average Bonchev–Trinajstić information content (AvgIpc) is 2.34. The van der Waals surface area contributed by atoms with Crippen molar-refractivity contribution < 1.29 is 4.79 Å². The number of nitrogens with zero attached hydrogens (tertiary/aromatic N) is 1. The first kappa shape index (κ1) is 13.6. The molecule has 0 bridgehead atoms. The molecule has 0 spiro atoms.